The minimum Gasteiger partial charge on any atom is -0.556 e. The van der Waals surface area contributed by atoms with Gasteiger partial charge in [0.15, 0.2) is 0 Å². The fourth-order valence-corrected chi connectivity index (χ4v) is 3.17. The van der Waals surface area contributed by atoms with Gasteiger partial charge in [0.05, 0.1) is 5.76 Å². The Bertz CT molecular complexity index is 256. The van der Waals surface area contributed by atoms with Gasteiger partial charge in [-0.05, 0) is 55.4 Å². The zero-order valence-electron chi connectivity index (χ0n) is 12.4. The second-order valence-electron chi connectivity index (χ2n) is 6.37. The van der Waals surface area contributed by atoms with Crippen LogP contribution in [0.15, 0.2) is 11.8 Å². The summed E-state index contributed by atoms with van der Waals surface area (Å²) >= 11 is 0. The topological polar surface area (TPSA) is 9.23 Å². The molecule has 0 radical (unpaired) electrons. The molecule has 100 valence electrons. The average molecular weight is 254 g/mol. The summed E-state index contributed by atoms with van der Waals surface area (Å²) in [7, 11) is 0.841. The lowest BCUT2D eigenvalue weighted by Gasteiger charge is -2.38. The van der Waals surface area contributed by atoms with E-state index in [1.165, 1.54) is 37.9 Å². The molecule has 0 amide bonds. The zero-order chi connectivity index (χ0) is 12.9. The molecule has 0 aromatic rings. The molecule has 1 unspecified atom stereocenters. The Morgan fingerprint density at radius 2 is 1.94 bits per heavy atom. The first-order valence-corrected chi connectivity index (χ1v) is 8.03. The van der Waals surface area contributed by atoms with Crippen LogP contribution in [0.1, 0.15) is 66.2 Å². The van der Waals surface area contributed by atoms with E-state index in [0.29, 0.717) is 5.41 Å². The van der Waals surface area contributed by atoms with Crippen LogP contribution in [0.2, 0.25) is 0 Å². The third kappa shape index (κ3) is 4.17. The molecule has 0 aliphatic heterocycles. The molecule has 0 saturated carbocycles. The molecule has 1 aliphatic rings. The summed E-state index contributed by atoms with van der Waals surface area (Å²) in [5.41, 5.74) is 0.478. The number of allylic oxidation sites excluding steroid dienone is 2. The van der Waals surface area contributed by atoms with Crippen LogP contribution in [0.25, 0.3) is 0 Å². The third-order valence-electron chi connectivity index (χ3n) is 4.91. The lowest BCUT2D eigenvalue weighted by atomic mass is 9.67. The third-order valence-corrected chi connectivity index (χ3v) is 5.43. The predicted molar refractivity (Wildman–Crippen MR) is 78.9 cm³/mol. The van der Waals surface area contributed by atoms with Gasteiger partial charge < -0.3 is 4.43 Å². The first kappa shape index (κ1) is 14.8. The molecular weight excluding hydrogens is 224 g/mol. The normalized spacial score (nSPS) is 23.8. The molecule has 0 fully saturated rings. The molecule has 17 heavy (non-hydrogen) atoms. The van der Waals surface area contributed by atoms with Crippen LogP contribution in [0.3, 0.4) is 0 Å². The van der Waals surface area contributed by atoms with E-state index >= 15 is 0 Å². The van der Waals surface area contributed by atoms with Gasteiger partial charge in [-0.15, -0.1) is 0 Å². The minimum atomic E-state index is 0.478. The molecule has 0 saturated heterocycles. The molecule has 1 aliphatic carbocycles. The first-order valence-electron chi connectivity index (χ1n) is 7.21. The maximum Gasteiger partial charge on any atom is 0.203 e. The average Bonchev–Trinajstić information content (AvgIpc) is 2.39. The summed E-state index contributed by atoms with van der Waals surface area (Å²) in [6, 6.07) is 0. The molecule has 0 spiro atoms. The van der Waals surface area contributed by atoms with E-state index in [9.17, 15) is 0 Å². The maximum atomic E-state index is 5.55. The summed E-state index contributed by atoms with van der Waals surface area (Å²) in [4.78, 5) is 0. The van der Waals surface area contributed by atoms with Crippen molar-refractivity contribution < 1.29 is 4.43 Å². The Labute approximate surface area is 111 Å². The molecule has 0 bridgehead atoms. The van der Waals surface area contributed by atoms with Gasteiger partial charge in [-0.3, -0.25) is 0 Å². The fraction of sp³-hybridized carbons (Fsp3) is 0.867. The van der Waals surface area contributed by atoms with Crippen molar-refractivity contribution in [1.82, 2.24) is 0 Å². The van der Waals surface area contributed by atoms with Gasteiger partial charge in [0.2, 0.25) is 10.5 Å². The highest BCUT2D eigenvalue weighted by Crippen LogP contribution is 2.41. The van der Waals surface area contributed by atoms with Crippen LogP contribution in [-0.4, -0.2) is 10.5 Å². The summed E-state index contributed by atoms with van der Waals surface area (Å²) in [6.07, 6.45) is 10.1. The zero-order valence-corrected chi connectivity index (χ0v) is 14.4. The summed E-state index contributed by atoms with van der Waals surface area (Å²) in [6.45, 7) is 9.66. The fourth-order valence-electron chi connectivity index (χ4n) is 2.80. The second-order valence-corrected chi connectivity index (χ2v) is 6.78. The van der Waals surface area contributed by atoms with Crippen LogP contribution in [-0.2, 0) is 4.43 Å². The van der Waals surface area contributed by atoms with Crippen molar-refractivity contribution in [3.05, 3.63) is 11.8 Å². The van der Waals surface area contributed by atoms with Crippen LogP contribution in [0.4, 0.5) is 0 Å². The number of hydrogen-bond acceptors (Lipinski definition) is 1. The van der Waals surface area contributed by atoms with Crippen molar-refractivity contribution in [1.29, 1.82) is 0 Å². The molecule has 2 heteroatoms. The Balaban J connectivity index is 2.61. The quantitative estimate of drug-likeness (QED) is 0.696. The van der Waals surface area contributed by atoms with E-state index in [1.807, 2.05) is 0 Å². The standard InChI is InChI=1S/C15H30OSi/c1-12(2)15(3,4)13-8-5-6-10-14(16-17)11-7-9-13/h10,12-13H,5-9,11H2,1-4,17H3. The van der Waals surface area contributed by atoms with Crippen molar-refractivity contribution in [2.45, 2.75) is 66.2 Å². The summed E-state index contributed by atoms with van der Waals surface area (Å²) in [5.74, 6) is 2.92. The molecule has 1 nitrogen and oxygen atoms in total. The van der Waals surface area contributed by atoms with Crippen molar-refractivity contribution in [2.75, 3.05) is 0 Å². The van der Waals surface area contributed by atoms with Crippen LogP contribution < -0.4 is 0 Å². The monoisotopic (exact) mass is 254 g/mol. The van der Waals surface area contributed by atoms with Gasteiger partial charge in [0.1, 0.15) is 0 Å². The van der Waals surface area contributed by atoms with E-state index in [1.54, 1.807) is 0 Å². The van der Waals surface area contributed by atoms with Crippen LogP contribution in [0, 0.1) is 17.3 Å². The van der Waals surface area contributed by atoms with Gasteiger partial charge >= 0.3 is 0 Å². The molecular formula is C15H30OSi. The molecule has 0 aromatic heterocycles. The largest absolute Gasteiger partial charge is 0.556 e. The Kier molecular flexibility index (Phi) is 5.77. The van der Waals surface area contributed by atoms with Gasteiger partial charge in [-0.2, -0.15) is 0 Å². The molecule has 1 rings (SSSR count). The molecule has 0 aromatic carbocycles. The lowest BCUT2D eigenvalue weighted by molar-refractivity contribution is 0.117. The van der Waals surface area contributed by atoms with E-state index in [0.717, 1.165) is 28.7 Å². The van der Waals surface area contributed by atoms with E-state index < -0.39 is 0 Å². The van der Waals surface area contributed by atoms with Crippen molar-refractivity contribution in [3.63, 3.8) is 0 Å². The van der Waals surface area contributed by atoms with Gasteiger partial charge in [0.25, 0.3) is 0 Å². The van der Waals surface area contributed by atoms with Gasteiger partial charge in [0, 0.05) is 6.42 Å². The molecule has 0 N–H and O–H groups in total. The second kappa shape index (κ2) is 6.63. The summed E-state index contributed by atoms with van der Waals surface area (Å²) < 4.78 is 5.55. The Morgan fingerprint density at radius 3 is 2.53 bits per heavy atom. The Hall–Kier alpha value is -0.243. The van der Waals surface area contributed by atoms with E-state index in [2.05, 4.69) is 33.8 Å². The highest BCUT2D eigenvalue weighted by atomic mass is 28.2. The predicted octanol–water partition coefficient (Wildman–Crippen LogP) is 3.82. The van der Waals surface area contributed by atoms with Gasteiger partial charge in [-0.25, -0.2) is 0 Å². The van der Waals surface area contributed by atoms with Crippen molar-refractivity contribution >= 4 is 10.5 Å². The maximum absolute atomic E-state index is 5.55. The molecule has 1 atom stereocenters. The van der Waals surface area contributed by atoms with Crippen LogP contribution >= 0.6 is 0 Å². The Morgan fingerprint density at radius 1 is 1.29 bits per heavy atom. The smallest absolute Gasteiger partial charge is 0.203 e. The number of rotatable bonds is 3. The van der Waals surface area contributed by atoms with Gasteiger partial charge in [-0.1, -0.05) is 27.7 Å². The van der Waals surface area contributed by atoms with Crippen molar-refractivity contribution in [3.8, 4) is 0 Å². The molecule has 0 heterocycles. The number of hydrogen-bond donors (Lipinski definition) is 0. The first-order chi connectivity index (χ1) is 7.98. The highest BCUT2D eigenvalue weighted by Gasteiger charge is 2.31. The SMILES string of the molecule is CC(C)C(C)(C)C1CCCC=C(O[SiH3])CCC1. The minimum absolute atomic E-state index is 0.478. The van der Waals surface area contributed by atoms with Crippen LogP contribution in [0.5, 0.6) is 0 Å². The lowest BCUT2D eigenvalue weighted by Crippen LogP contribution is -2.29. The van der Waals surface area contributed by atoms with E-state index in [-0.39, 0.29) is 0 Å². The summed E-state index contributed by atoms with van der Waals surface area (Å²) in [5, 5.41) is 0. The van der Waals surface area contributed by atoms with E-state index in [4.69, 9.17) is 4.43 Å². The van der Waals surface area contributed by atoms with Crippen molar-refractivity contribution in [2.24, 2.45) is 17.3 Å². The highest BCUT2D eigenvalue weighted by molar-refractivity contribution is 5.98.